The van der Waals surface area contributed by atoms with Crippen LogP contribution < -0.4 is 16.0 Å². The first-order valence-corrected chi connectivity index (χ1v) is 8.83. The van der Waals surface area contributed by atoms with Gasteiger partial charge in [-0.2, -0.15) is 0 Å². The third-order valence-electron chi connectivity index (χ3n) is 5.29. The Morgan fingerprint density at radius 3 is 2.48 bits per heavy atom. The predicted octanol–water partition coefficient (Wildman–Crippen LogP) is 3.48. The summed E-state index contributed by atoms with van der Waals surface area (Å²) in [4.78, 5) is 10.7. The summed E-state index contributed by atoms with van der Waals surface area (Å²) in [5.74, 6) is 0. The molecule has 2 aromatic carbocycles. The molecule has 3 N–H and O–H groups in total. The van der Waals surface area contributed by atoms with Gasteiger partial charge in [-0.05, 0) is 43.6 Å². The van der Waals surface area contributed by atoms with Gasteiger partial charge >= 0.3 is 6.09 Å². The first kappa shape index (κ1) is 16.0. The van der Waals surface area contributed by atoms with E-state index in [2.05, 4.69) is 40.2 Å². The maximum absolute atomic E-state index is 10.7. The van der Waals surface area contributed by atoms with Gasteiger partial charge < -0.3 is 15.4 Å². The van der Waals surface area contributed by atoms with Crippen LogP contribution >= 0.6 is 0 Å². The first-order chi connectivity index (χ1) is 12.3. The average Bonchev–Trinajstić information content (AvgIpc) is 3.01. The average molecular weight is 337 g/mol. The molecule has 130 valence electrons. The maximum Gasteiger partial charge on any atom is 0.411 e. The number of cyclic esters (lactones) is 1. The van der Waals surface area contributed by atoms with Crippen LogP contribution in [0, 0.1) is 0 Å². The van der Waals surface area contributed by atoms with Crippen molar-refractivity contribution in [2.24, 2.45) is 0 Å². The number of nitrogens with one attached hydrogen (secondary N) is 3. The molecule has 3 aliphatic rings. The zero-order valence-corrected chi connectivity index (χ0v) is 14.2. The zero-order valence-electron chi connectivity index (χ0n) is 14.2. The molecule has 1 spiro atoms. The van der Waals surface area contributed by atoms with E-state index in [9.17, 15) is 4.79 Å². The molecule has 0 radical (unpaired) electrons. The van der Waals surface area contributed by atoms with Gasteiger partial charge in [-0.3, -0.25) is 5.32 Å². The van der Waals surface area contributed by atoms with Crippen molar-refractivity contribution in [3.05, 3.63) is 59.7 Å². The zero-order chi connectivity index (χ0) is 17.1. The number of fused-ring (bicyclic) bond motifs is 3. The molecule has 5 heteroatoms. The van der Waals surface area contributed by atoms with Crippen molar-refractivity contribution in [2.75, 3.05) is 30.3 Å². The van der Waals surface area contributed by atoms with Crippen LogP contribution in [-0.2, 0) is 16.8 Å². The van der Waals surface area contributed by atoms with Crippen LogP contribution in [-0.4, -0.2) is 25.7 Å². The van der Waals surface area contributed by atoms with Gasteiger partial charge in [0.1, 0.15) is 6.61 Å². The van der Waals surface area contributed by atoms with Crippen LogP contribution in [0.1, 0.15) is 24.0 Å². The number of ether oxygens (including phenoxy) is 1. The summed E-state index contributed by atoms with van der Waals surface area (Å²) in [6.07, 6.45) is 2.18. The van der Waals surface area contributed by atoms with Gasteiger partial charge in [-0.1, -0.05) is 36.4 Å². The van der Waals surface area contributed by atoms with Crippen LogP contribution in [0.4, 0.5) is 16.2 Å². The van der Waals surface area contributed by atoms with Gasteiger partial charge in [0.15, 0.2) is 0 Å². The molecule has 0 atom stereocenters. The van der Waals surface area contributed by atoms with Crippen LogP contribution in [0.3, 0.4) is 0 Å². The normalized spacial score (nSPS) is 19.4. The van der Waals surface area contributed by atoms with Crippen molar-refractivity contribution < 1.29 is 9.53 Å². The standard InChI is InChI=1S/C12H16N2.C8H7NO2/c1-2-4-11-10(3-1)12(9-14-11)5-7-13-8-6-12;10-8-9-7-4-2-1-3-6(7)5-11-8/h1-4,13-14H,5-9H2;1-4H,5H2,(H,9,10). The third kappa shape index (κ3) is 3.20. The Morgan fingerprint density at radius 2 is 1.64 bits per heavy atom. The van der Waals surface area contributed by atoms with E-state index >= 15 is 0 Å². The molecule has 1 amide bonds. The maximum atomic E-state index is 10.7. The monoisotopic (exact) mass is 337 g/mol. The summed E-state index contributed by atoms with van der Waals surface area (Å²) in [7, 11) is 0. The molecular formula is C20H23N3O2. The van der Waals surface area contributed by atoms with Gasteiger partial charge in [0.25, 0.3) is 0 Å². The molecule has 0 bridgehead atoms. The van der Waals surface area contributed by atoms with Crippen molar-refractivity contribution >= 4 is 17.5 Å². The molecular weight excluding hydrogens is 314 g/mol. The number of para-hydroxylation sites is 2. The molecule has 0 saturated carbocycles. The molecule has 0 aliphatic carbocycles. The molecule has 1 fully saturated rings. The van der Waals surface area contributed by atoms with E-state index < -0.39 is 0 Å². The first-order valence-electron chi connectivity index (χ1n) is 8.83. The smallest absolute Gasteiger partial charge is 0.411 e. The number of rotatable bonds is 0. The van der Waals surface area contributed by atoms with E-state index in [1.807, 2.05) is 24.3 Å². The number of hydrogen-bond acceptors (Lipinski definition) is 4. The van der Waals surface area contributed by atoms with Gasteiger partial charge in [0.2, 0.25) is 0 Å². The molecule has 3 aliphatic heterocycles. The summed E-state index contributed by atoms with van der Waals surface area (Å²) in [5, 5.41) is 9.57. The van der Waals surface area contributed by atoms with Crippen molar-refractivity contribution in [1.82, 2.24) is 5.32 Å². The Labute approximate surface area is 147 Å². The lowest BCUT2D eigenvalue weighted by Gasteiger charge is -2.33. The Morgan fingerprint density at radius 1 is 0.920 bits per heavy atom. The Hall–Kier alpha value is -2.53. The molecule has 3 heterocycles. The van der Waals surface area contributed by atoms with Crippen molar-refractivity contribution in [1.29, 1.82) is 0 Å². The lowest BCUT2D eigenvalue weighted by molar-refractivity contribution is 0.151. The highest BCUT2D eigenvalue weighted by atomic mass is 16.5. The minimum atomic E-state index is -0.372. The van der Waals surface area contributed by atoms with Crippen LogP contribution in [0.5, 0.6) is 0 Å². The Balaban J connectivity index is 0.000000129. The highest BCUT2D eigenvalue weighted by Gasteiger charge is 2.39. The SMILES string of the molecule is O=C1Nc2ccccc2CO1.c1ccc2c(c1)NCC21CCNCC1. The second-order valence-corrected chi connectivity index (χ2v) is 6.79. The second kappa shape index (κ2) is 6.76. The highest BCUT2D eigenvalue weighted by Crippen LogP contribution is 2.42. The van der Waals surface area contributed by atoms with E-state index in [0.29, 0.717) is 12.0 Å². The van der Waals surface area contributed by atoms with E-state index in [1.165, 1.54) is 18.5 Å². The van der Waals surface area contributed by atoms with Crippen molar-refractivity contribution in [2.45, 2.75) is 24.9 Å². The molecule has 1 saturated heterocycles. The number of anilines is 2. The molecule has 5 nitrogen and oxygen atoms in total. The fourth-order valence-corrected chi connectivity index (χ4v) is 3.87. The minimum absolute atomic E-state index is 0.372. The number of hydrogen-bond donors (Lipinski definition) is 3. The summed E-state index contributed by atoms with van der Waals surface area (Å²) in [6, 6.07) is 16.4. The summed E-state index contributed by atoms with van der Waals surface area (Å²) >= 11 is 0. The topological polar surface area (TPSA) is 62.4 Å². The Bertz CT molecular complexity index is 764. The van der Waals surface area contributed by atoms with E-state index in [-0.39, 0.29) is 6.09 Å². The van der Waals surface area contributed by atoms with Gasteiger partial charge in [0, 0.05) is 23.2 Å². The number of carbonyl (C=O) groups excluding carboxylic acids is 1. The number of amides is 1. The number of piperidine rings is 1. The summed E-state index contributed by atoms with van der Waals surface area (Å²) in [5.41, 5.74) is 5.20. The molecule has 0 unspecified atom stereocenters. The minimum Gasteiger partial charge on any atom is -0.444 e. The second-order valence-electron chi connectivity index (χ2n) is 6.79. The third-order valence-corrected chi connectivity index (χ3v) is 5.29. The van der Waals surface area contributed by atoms with Gasteiger partial charge in [0.05, 0.1) is 5.69 Å². The summed E-state index contributed by atoms with van der Waals surface area (Å²) < 4.78 is 4.75. The van der Waals surface area contributed by atoms with Gasteiger partial charge in [-0.15, -0.1) is 0 Å². The fourth-order valence-electron chi connectivity index (χ4n) is 3.87. The largest absolute Gasteiger partial charge is 0.444 e. The molecule has 0 aromatic heterocycles. The van der Waals surface area contributed by atoms with Crippen LogP contribution in [0.15, 0.2) is 48.5 Å². The fraction of sp³-hybridized carbons (Fsp3) is 0.350. The van der Waals surface area contributed by atoms with E-state index in [0.717, 1.165) is 30.9 Å². The van der Waals surface area contributed by atoms with Crippen LogP contribution in [0.2, 0.25) is 0 Å². The van der Waals surface area contributed by atoms with Crippen molar-refractivity contribution in [3.8, 4) is 0 Å². The van der Waals surface area contributed by atoms with Gasteiger partial charge in [-0.25, -0.2) is 4.79 Å². The predicted molar refractivity (Wildman–Crippen MR) is 99.0 cm³/mol. The number of carbonyl (C=O) groups is 1. The van der Waals surface area contributed by atoms with E-state index in [4.69, 9.17) is 4.74 Å². The lowest BCUT2D eigenvalue weighted by atomic mass is 9.75. The molecule has 25 heavy (non-hydrogen) atoms. The van der Waals surface area contributed by atoms with Crippen LogP contribution in [0.25, 0.3) is 0 Å². The molecule has 5 rings (SSSR count). The number of benzene rings is 2. The Kier molecular flexibility index (Phi) is 4.32. The highest BCUT2D eigenvalue weighted by molar-refractivity contribution is 5.87. The lowest BCUT2D eigenvalue weighted by Crippen LogP contribution is -2.41. The quantitative estimate of drug-likeness (QED) is 0.689. The summed E-state index contributed by atoms with van der Waals surface area (Å²) in [6.45, 7) is 3.84. The molecule has 2 aromatic rings. The van der Waals surface area contributed by atoms with E-state index in [1.54, 1.807) is 5.56 Å². The van der Waals surface area contributed by atoms with Crippen molar-refractivity contribution in [3.63, 3.8) is 0 Å².